The zero-order chi connectivity index (χ0) is 20.6. The Morgan fingerprint density at radius 1 is 0.966 bits per heavy atom. The zero-order valence-corrected chi connectivity index (χ0v) is 16.2. The quantitative estimate of drug-likeness (QED) is 0.688. The van der Waals surface area contributed by atoms with E-state index in [0.717, 1.165) is 0 Å². The summed E-state index contributed by atoms with van der Waals surface area (Å²) >= 11 is 0. The third kappa shape index (κ3) is 5.55. The number of hydrogen-bond donors (Lipinski definition) is 3. The van der Waals surface area contributed by atoms with Crippen molar-refractivity contribution in [2.75, 3.05) is 50.5 Å². The molecule has 1 aliphatic heterocycles. The van der Waals surface area contributed by atoms with Crippen molar-refractivity contribution in [3.8, 4) is 0 Å². The fraction of sp³-hybridized carbons (Fsp3) is 0.286. The molecule has 0 saturated carbocycles. The number of benzene rings is 2. The van der Waals surface area contributed by atoms with E-state index in [1.165, 1.54) is 0 Å². The molecule has 2 aromatic carbocycles. The summed E-state index contributed by atoms with van der Waals surface area (Å²) < 4.78 is 5.28. The van der Waals surface area contributed by atoms with Crippen LogP contribution < -0.4 is 16.0 Å². The highest BCUT2D eigenvalue weighted by atomic mass is 16.5. The van der Waals surface area contributed by atoms with Crippen LogP contribution in [0, 0.1) is 0 Å². The van der Waals surface area contributed by atoms with Crippen LogP contribution in [0.3, 0.4) is 0 Å². The standard InChI is InChI=1S/C21H24N4O4/c1-22-20(27)15-5-7-17(8-6-15)24-19(26)14-23-18-4-2-3-16(13-18)21(28)25-9-11-29-12-10-25/h2-8,13,23H,9-12,14H2,1H3,(H,22,27)(H,24,26). The lowest BCUT2D eigenvalue weighted by atomic mass is 10.1. The molecule has 29 heavy (non-hydrogen) atoms. The Bertz CT molecular complexity index is 877. The molecule has 1 saturated heterocycles. The smallest absolute Gasteiger partial charge is 0.254 e. The van der Waals surface area contributed by atoms with Crippen LogP contribution in [-0.2, 0) is 9.53 Å². The first-order chi connectivity index (χ1) is 14.1. The fourth-order valence-corrected chi connectivity index (χ4v) is 2.95. The Hall–Kier alpha value is -3.39. The van der Waals surface area contributed by atoms with E-state index in [2.05, 4.69) is 16.0 Å². The van der Waals surface area contributed by atoms with E-state index in [1.807, 2.05) is 6.07 Å². The first-order valence-electron chi connectivity index (χ1n) is 9.40. The van der Waals surface area contributed by atoms with Crippen molar-refractivity contribution in [2.24, 2.45) is 0 Å². The third-order valence-electron chi connectivity index (χ3n) is 4.52. The molecule has 0 atom stereocenters. The summed E-state index contributed by atoms with van der Waals surface area (Å²) in [4.78, 5) is 38.1. The van der Waals surface area contributed by atoms with Gasteiger partial charge in [-0.2, -0.15) is 0 Å². The summed E-state index contributed by atoms with van der Waals surface area (Å²) in [6, 6.07) is 13.7. The van der Waals surface area contributed by atoms with Crippen LogP contribution in [0.5, 0.6) is 0 Å². The van der Waals surface area contributed by atoms with Crippen LogP contribution >= 0.6 is 0 Å². The van der Waals surface area contributed by atoms with Crippen molar-refractivity contribution in [1.82, 2.24) is 10.2 Å². The molecule has 8 heteroatoms. The molecule has 3 N–H and O–H groups in total. The number of carbonyl (C=O) groups is 3. The molecule has 1 heterocycles. The number of carbonyl (C=O) groups excluding carboxylic acids is 3. The van der Waals surface area contributed by atoms with Crippen LogP contribution in [0.4, 0.5) is 11.4 Å². The Labute approximate surface area is 169 Å². The predicted octanol–water partition coefficient (Wildman–Crippen LogP) is 1.57. The van der Waals surface area contributed by atoms with E-state index in [9.17, 15) is 14.4 Å². The predicted molar refractivity (Wildman–Crippen MR) is 110 cm³/mol. The average molecular weight is 396 g/mol. The summed E-state index contributed by atoms with van der Waals surface area (Å²) in [6.07, 6.45) is 0. The fourth-order valence-electron chi connectivity index (χ4n) is 2.95. The summed E-state index contributed by atoms with van der Waals surface area (Å²) in [5, 5.41) is 8.34. The SMILES string of the molecule is CNC(=O)c1ccc(NC(=O)CNc2cccc(C(=O)N3CCOCC3)c2)cc1. The molecule has 2 aromatic rings. The van der Waals surface area contributed by atoms with Crippen molar-refractivity contribution in [1.29, 1.82) is 0 Å². The Balaban J connectivity index is 1.53. The lowest BCUT2D eigenvalue weighted by molar-refractivity contribution is -0.114. The van der Waals surface area contributed by atoms with Crippen LogP contribution in [0.15, 0.2) is 48.5 Å². The van der Waals surface area contributed by atoms with E-state index >= 15 is 0 Å². The molecular weight excluding hydrogens is 372 g/mol. The summed E-state index contributed by atoms with van der Waals surface area (Å²) in [7, 11) is 1.56. The van der Waals surface area contributed by atoms with Crippen molar-refractivity contribution in [3.05, 3.63) is 59.7 Å². The summed E-state index contributed by atoms with van der Waals surface area (Å²) in [5.74, 6) is -0.462. The van der Waals surface area contributed by atoms with Gasteiger partial charge in [0, 0.05) is 42.6 Å². The minimum Gasteiger partial charge on any atom is -0.378 e. The highest BCUT2D eigenvalue weighted by molar-refractivity contribution is 5.97. The minimum atomic E-state index is -0.234. The average Bonchev–Trinajstić information content (AvgIpc) is 2.78. The van der Waals surface area contributed by atoms with Gasteiger partial charge in [0.25, 0.3) is 11.8 Å². The number of morpholine rings is 1. The number of nitrogens with one attached hydrogen (secondary N) is 3. The minimum absolute atomic E-state index is 0.0439. The Morgan fingerprint density at radius 2 is 1.69 bits per heavy atom. The lowest BCUT2D eigenvalue weighted by Gasteiger charge is -2.27. The van der Waals surface area contributed by atoms with Gasteiger partial charge in [-0.1, -0.05) is 6.07 Å². The first-order valence-corrected chi connectivity index (χ1v) is 9.40. The maximum atomic E-state index is 12.6. The van der Waals surface area contributed by atoms with Gasteiger partial charge in [0.2, 0.25) is 5.91 Å². The van der Waals surface area contributed by atoms with Crippen LogP contribution in [-0.4, -0.2) is 62.5 Å². The molecule has 152 valence electrons. The molecule has 3 amide bonds. The molecule has 0 spiro atoms. The number of ether oxygens (including phenoxy) is 1. The number of anilines is 2. The van der Waals surface area contributed by atoms with Gasteiger partial charge in [0.15, 0.2) is 0 Å². The van der Waals surface area contributed by atoms with Crippen LogP contribution in [0.1, 0.15) is 20.7 Å². The second kappa shape index (κ2) is 9.70. The number of rotatable bonds is 6. The molecule has 8 nitrogen and oxygen atoms in total. The summed E-state index contributed by atoms with van der Waals surface area (Å²) in [6.45, 7) is 2.31. The zero-order valence-electron chi connectivity index (χ0n) is 16.2. The van der Waals surface area contributed by atoms with Crippen LogP contribution in [0.25, 0.3) is 0 Å². The van der Waals surface area contributed by atoms with Gasteiger partial charge in [-0.25, -0.2) is 0 Å². The van der Waals surface area contributed by atoms with Gasteiger partial charge in [-0.15, -0.1) is 0 Å². The summed E-state index contributed by atoms with van der Waals surface area (Å²) in [5.41, 5.74) is 2.38. The highest BCUT2D eigenvalue weighted by Gasteiger charge is 2.18. The van der Waals surface area contributed by atoms with Crippen molar-refractivity contribution in [3.63, 3.8) is 0 Å². The number of amides is 3. The molecule has 1 aliphatic rings. The monoisotopic (exact) mass is 396 g/mol. The molecule has 3 rings (SSSR count). The van der Waals surface area contributed by atoms with E-state index in [4.69, 9.17) is 4.74 Å². The molecule has 0 bridgehead atoms. The molecule has 0 radical (unpaired) electrons. The Kier molecular flexibility index (Phi) is 6.80. The second-order valence-corrected chi connectivity index (χ2v) is 6.54. The molecular formula is C21H24N4O4. The maximum Gasteiger partial charge on any atom is 0.254 e. The van der Waals surface area contributed by atoms with Crippen molar-refractivity contribution < 1.29 is 19.1 Å². The van der Waals surface area contributed by atoms with E-state index in [0.29, 0.717) is 48.8 Å². The third-order valence-corrected chi connectivity index (χ3v) is 4.52. The molecule has 0 aliphatic carbocycles. The lowest BCUT2D eigenvalue weighted by Crippen LogP contribution is -2.40. The highest BCUT2D eigenvalue weighted by Crippen LogP contribution is 2.14. The largest absolute Gasteiger partial charge is 0.378 e. The van der Waals surface area contributed by atoms with E-state index in [1.54, 1.807) is 54.4 Å². The van der Waals surface area contributed by atoms with Gasteiger partial charge < -0.3 is 25.6 Å². The van der Waals surface area contributed by atoms with Crippen molar-refractivity contribution in [2.45, 2.75) is 0 Å². The maximum absolute atomic E-state index is 12.6. The van der Waals surface area contributed by atoms with E-state index < -0.39 is 0 Å². The molecule has 0 aromatic heterocycles. The molecule has 1 fully saturated rings. The van der Waals surface area contributed by atoms with Gasteiger partial charge in [-0.3, -0.25) is 14.4 Å². The van der Waals surface area contributed by atoms with Crippen LogP contribution in [0.2, 0.25) is 0 Å². The van der Waals surface area contributed by atoms with Gasteiger partial charge in [0.1, 0.15) is 0 Å². The molecule has 0 unspecified atom stereocenters. The van der Waals surface area contributed by atoms with Gasteiger partial charge in [0.05, 0.1) is 19.8 Å². The normalized spacial score (nSPS) is 13.5. The number of hydrogen-bond acceptors (Lipinski definition) is 5. The van der Waals surface area contributed by atoms with Crippen molar-refractivity contribution >= 4 is 29.1 Å². The topological polar surface area (TPSA) is 99.8 Å². The van der Waals surface area contributed by atoms with Gasteiger partial charge in [-0.05, 0) is 42.5 Å². The van der Waals surface area contributed by atoms with Gasteiger partial charge >= 0.3 is 0 Å². The Morgan fingerprint density at radius 3 is 2.38 bits per heavy atom. The second-order valence-electron chi connectivity index (χ2n) is 6.54. The van der Waals surface area contributed by atoms with E-state index in [-0.39, 0.29) is 24.3 Å². The first kappa shape index (κ1) is 20.3. The number of nitrogens with zero attached hydrogens (tertiary/aromatic N) is 1.